The smallest absolute Gasteiger partial charge is 0.342 e. The summed E-state index contributed by atoms with van der Waals surface area (Å²) in [5, 5.41) is 11.4. The van der Waals surface area contributed by atoms with E-state index in [1.807, 2.05) is 0 Å². The van der Waals surface area contributed by atoms with Crippen molar-refractivity contribution in [2.24, 2.45) is 0 Å². The largest absolute Gasteiger partial charge is 0.465 e. The van der Waals surface area contributed by atoms with Gasteiger partial charge in [0.2, 0.25) is 0 Å². The summed E-state index contributed by atoms with van der Waals surface area (Å²) in [5.41, 5.74) is -0.385. The highest BCUT2D eigenvalue weighted by atomic mass is 16.5. The molecule has 0 unspecified atom stereocenters. The molecule has 0 saturated carbocycles. The molecule has 0 amide bonds. The molecule has 0 saturated heterocycles. The van der Waals surface area contributed by atoms with Crippen LogP contribution >= 0.6 is 0 Å². The predicted octanol–water partition coefficient (Wildman–Crippen LogP) is 1.40. The first-order chi connectivity index (χ1) is 7.11. The monoisotopic (exact) mass is 209 g/mol. The van der Waals surface area contributed by atoms with Crippen LogP contribution in [0.1, 0.15) is 20.7 Å². The number of hydrogen-bond acceptors (Lipinski definition) is 4. The normalized spacial score (nSPS) is 9.47. The second-order valence-corrected chi connectivity index (χ2v) is 2.66. The summed E-state index contributed by atoms with van der Waals surface area (Å²) < 4.78 is 8.85. The first-order valence-corrected chi connectivity index (χ1v) is 4.08. The van der Waals surface area contributed by atoms with Crippen molar-refractivity contribution in [3.8, 4) is 5.75 Å². The van der Waals surface area contributed by atoms with Gasteiger partial charge in [-0.1, -0.05) is 6.07 Å². The van der Waals surface area contributed by atoms with Crippen molar-refractivity contribution in [1.29, 1.82) is 0 Å². The SMILES string of the molecule is COC(=O)c1cccc([O])c1C(=O)OC. The molecular formula is C10H9O5. The van der Waals surface area contributed by atoms with Crippen molar-refractivity contribution in [2.45, 2.75) is 0 Å². The fraction of sp³-hybridized carbons (Fsp3) is 0.200. The lowest BCUT2D eigenvalue weighted by Crippen LogP contribution is -2.11. The predicted molar refractivity (Wildman–Crippen MR) is 49.3 cm³/mol. The molecule has 0 N–H and O–H groups in total. The van der Waals surface area contributed by atoms with E-state index in [2.05, 4.69) is 9.47 Å². The maximum absolute atomic E-state index is 11.4. The van der Waals surface area contributed by atoms with Gasteiger partial charge < -0.3 is 9.47 Å². The summed E-state index contributed by atoms with van der Waals surface area (Å²) in [4.78, 5) is 22.5. The Hall–Kier alpha value is -2.04. The van der Waals surface area contributed by atoms with Crippen LogP contribution in [0.4, 0.5) is 0 Å². The number of rotatable bonds is 2. The van der Waals surface area contributed by atoms with Gasteiger partial charge >= 0.3 is 11.9 Å². The van der Waals surface area contributed by atoms with Crippen molar-refractivity contribution < 1.29 is 24.2 Å². The van der Waals surface area contributed by atoms with Gasteiger partial charge in [0.25, 0.3) is 0 Å². The average Bonchev–Trinajstić information content (AvgIpc) is 2.26. The summed E-state index contributed by atoms with van der Waals surface area (Å²) in [7, 11) is 2.30. The van der Waals surface area contributed by atoms with Crippen LogP contribution in [-0.4, -0.2) is 26.2 Å². The Bertz CT molecular complexity index is 397. The van der Waals surface area contributed by atoms with Gasteiger partial charge in [0.15, 0.2) is 5.75 Å². The molecule has 0 atom stereocenters. The van der Waals surface area contributed by atoms with E-state index in [0.717, 1.165) is 7.11 Å². The van der Waals surface area contributed by atoms with E-state index < -0.39 is 17.7 Å². The van der Waals surface area contributed by atoms with E-state index in [4.69, 9.17) is 0 Å². The maximum Gasteiger partial charge on any atom is 0.342 e. The molecule has 79 valence electrons. The molecule has 5 nitrogen and oxygen atoms in total. The number of hydrogen-bond donors (Lipinski definition) is 0. The highest BCUT2D eigenvalue weighted by Crippen LogP contribution is 2.23. The van der Waals surface area contributed by atoms with Crippen LogP contribution in [0.25, 0.3) is 0 Å². The van der Waals surface area contributed by atoms with Crippen LogP contribution < -0.4 is 0 Å². The molecular weight excluding hydrogens is 200 g/mol. The van der Waals surface area contributed by atoms with Crippen LogP contribution in [0.3, 0.4) is 0 Å². The van der Waals surface area contributed by atoms with Gasteiger partial charge in [-0.2, -0.15) is 0 Å². The van der Waals surface area contributed by atoms with Gasteiger partial charge in [-0.3, -0.25) is 5.11 Å². The fourth-order valence-electron chi connectivity index (χ4n) is 1.12. The summed E-state index contributed by atoms with van der Waals surface area (Å²) in [6.07, 6.45) is 0. The van der Waals surface area contributed by atoms with E-state index >= 15 is 0 Å². The molecule has 0 aliphatic rings. The van der Waals surface area contributed by atoms with Gasteiger partial charge in [0.05, 0.1) is 19.8 Å². The van der Waals surface area contributed by atoms with Gasteiger partial charge in [0.1, 0.15) is 5.56 Å². The van der Waals surface area contributed by atoms with Crippen LogP contribution in [-0.2, 0) is 14.6 Å². The second-order valence-electron chi connectivity index (χ2n) is 2.66. The topological polar surface area (TPSA) is 72.5 Å². The number of methoxy groups -OCH3 is 2. The molecule has 0 spiro atoms. The van der Waals surface area contributed by atoms with Crippen molar-refractivity contribution in [2.75, 3.05) is 14.2 Å². The number of carbonyl (C=O) groups is 2. The third-order valence-electron chi connectivity index (χ3n) is 1.82. The lowest BCUT2D eigenvalue weighted by Gasteiger charge is -2.05. The van der Waals surface area contributed by atoms with E-state index in [9.17, 15) is 14.7 Å². The number of ether oxygens (including phenoxy) is 2. The third kappa shape index (κ3) is 2.07. The first-order valence-electron chi connectivity index (χ1n) is 4.08. The number of carbonyl (C=O) groups excluding carboxylic acids is 2. The molecule has 0 bridgehead atoms. The third-order valence-corrected chi connectivity index (χ3v) is 1.82. The molecule has 1 aromatic rings. The Morgan fingerprint density at radius 3 is 2.20 bits per heavy atom. The number of benzene rings is 1. The summed E-state index contributed by atoms with van der Waals surface area (Å²) in [6.45, 7) is 0. The fourth-order valence-corrected chi connectivity index (χ4v) is 1.12. The van der Waals surface area contributed by atoms with E-state index in [-0.39, 0.29) is 11.1 Å². The highest BCUT2D eigenvalue weighted by Gasteiger charge is 2.22. The zero-order valence-corrected chi connectivity index (χ0v) is 8.27. The molecule has 1 aromatic carbocycles. The first kappa shape index (κ1) is 11.0. The molecule has 15 heavy (non-hydrogen) atoms. The second kappa shape index (κ2) is 4.45. The summed E-state index contributed by atoms with van der Waals surface area (Å²) >= 11 is 0. The van der Waals surface area contributed by atoms with Crippen molar-refractivity contribution >= 4 is 11.9 Å². The molecule has 1 rings (SSSR count). The van der Waals surface area contributed by atoms with Crippen molar-refractivity contribution in [3.63, 3.8) is 0 Å². The van der Waals surface area contributed by atoms with Gasteiger partial charge in [-0.15, -0.1) is 0 Å². The van der Waals surface area contributed by atoms with Crippen molar-refractivity contribution in [1.82, 2.24) is 0 Å². The molecule has 5 heteroatoms. The van der Waals surface area contributed by atoms with Crippen molar-refractivity contribution in [3.05, 3.63) is 29.3 Å². The molecule has 1 radical (unpaired) electrons. The van der Waals surface area contributed by atoms with Crippen LogP contribution in [0.5, 0.6) is 5.75 Å². The molecule has 0 aliphatic carbocycles. The van der Waals surface area contributed by atoms with Gasteiger partial charge in [-0.05, 0) is 12.1 Å². The minimum atomic E-state index is -0.846. The average molecular weight is 209 g/mol. The Kier molecular flexibility index (Phi) is 3.28. The zero-order valence-electron chi connectivity index (χ0n) is 8.27. The minimum Gasteiger partial charge on any atom is -0.465 e. The van der Waals surface area contributed by atoms with Crippen LogP contribution in [0, 0.1) is 0 Å². The maximum atomic E-state index is 11.4. The Labute approximate surface area is 86.2 Å². The Morgan fingerprint density at radius 1 is 1.07 bits per heavy atom. The molecule has 0 fully saturated rings. The Morgan fingerprint density at radius 2 is 1.67 bits per heavy atom. The van der Waals surface area contributed by atoms with E-state index in [0.29, 0.717) is 0 Å². The lowest BCUT2D eigenvalue weighted by molar-refractivity contribution is 0.0550. The molecule has 0 heterocycles. The molecule has 0 aromatic heterocycles. The quantitative estimate of drug-likeness (QED) is 0.690. The lowest BCUT2D eigenvalue weighted by atomic mass is 10.1. The van der Waals surface area contributed by atoms with Crippen LogP contribution in [0.2, 0.25) is 0 Å². The van der Waals surface area contributed by atoms with E-state index in [1.54, 1.807) is 0 Å². The minimum absolute atomic E-state index is 0.0862. The highest BCUT2D eigenvalue weighted by molar-refractivity contribution is 6.04. The Balaban J connectivity index is 3.32. The van der Waals surface area contributed by atoms with Gasteiger partial charge in [0, 0.05) is 0 Å². The standard InChI is InChI=1S/C10H9O5/c1-14-9(12)6-4-3-5-7(11)8(6)10(13)15-2/h3-5H,1-2H3. The van der Waals surface area contributed by atoms with E-state index in [1.165, 1.54) is 25.3 Å². The zero-order chi connectivity index (χ0) is 11.4. The molecule has 0 aliphatic heterocycles. The van der Waals surface area contributed by atoms with Crippen LogP contribution in [0.15, 0.2) is 18.2 Å². The van der Waals surface area contributed by atoms with Gasteiger partial charge in [-0.25, -0.2) is 9.59 Å². The summed E-state index contributed by atoms with van der Waals surface area (Å²) in [6, 6.07) is 3.89. The summed E-state index contributed by atoms with van der Waals surface area (Å²) in [5.74, 6) is -2.15. The number of esters is 2.